The van der Waals surface area contributed by atoms with Gasteiger partial charge in [-0.15, -0.1) is 0 Å². The lowest BCUT2D eigenvalue weighted by atomic mass is 10.2. The fourth-order valence-electron chi connectivity index (χ4n) is 1.39. The Morgan fingerprint density at radius 2 is 1.89 bits per heavy atom. The fraction of sp³-hybridized carbons (Fsp3) is 0.0769. The molecule has 5 heteroatoms. The van der Waals surface area contributed by atoms with Gasteiger partial charge in [0.2, 0.25) is 5.88 Å². The van der Waals surface area contributed by atoms with Gasteiger partial charge in [0.1, 0.15) is 11.6 Å². The van der Waals surface area contributed by atoms with Gasteiger partial charge in [-0.05, 0) is 30.3 Å². The first-order valence-corrected chi connectivity index (χ1v) is 5.28. The van der Waals surface area contributed by atoms with E-state index in [1.54, 1.807) is 42.5 Å². The Balaban J connectivity index is 2.13. The molecule has 0 atom stereocenters. The maximum absolute atomic E-state index is 11.2. The van der Waals surface area contributed by atoms with Gasteiger partial charge >= 0.3 is 5.97 Å². The molecule has 1 aromatic carbocycles. The van der Waals surface area contributed by atoms with Gasteiger partial charge in [0.05, 0.1) is 12.7 Å². The summed E-state index contributed by atoms with van der Waals surface area (Å²) in [5.41, 5.74) is 6.01. The van der Waals surface area contributed by atoms with Crippen LogP contribution in [-0.2, 0) is 4.74 Å². The first-order valence-electron chi connectivity index (χ1n) is 5.28. The number of esters is 1. The second kappa shape index (κ2) is 5.18. The summed E-state index contributed by atoms with van der Waals surface area (Å²) >= 11 is 0. The Bertz CT molecular complexity index is 552. The normalized spacial score (nSPS) is 9.83. The highest BCUT2D eigenvalue weighted by atomic mass is 16.5. The van der Waals surface area contributed by atoms with E-state index in [1.807, 2.05) is 0 Å². The molecular formula is C13H12N2O3. The largest absolute Gasteiger partial charge is 0.465 e. The molecular weight excluding hydrogens is 232 g/mol. The van der Waals surface area contributed by atoms with Gasteiger partial charge in [0, 0.05) is 6.07 Å². The predicted molar refractivity (Wildman–Crippen MR) is 66.5 cm³/mol. The van der Waals surface area contributed by atoms with Gasteiger partial charge in [-0.3, -0.25) is 0 Å². The van der Waals surface area contributed by atoms with Crippen molar-refractivity contribution in [2.24, 2.45) is 0 Å². The number of ether oxygens (including phenoxy) is 2. The molecule has 0 saturated carbocycles. The minimum absolute atomic E-state index is 0.386. The molecule has 2 aromatic rings. The Hall–Kier alpha value is -2.56. The Morgan fingerprint density at radius 3 is 2.50 bits per heavy atom. The summed E-state index contributed by atoms with van der Waals surface area (Å²) in [4.78, 5) is 15.2. The van der Waals surface area contributed by atoms with E-state index >= 15 is 0 Å². The van der Waals surface area contributed by atoms with E-state index < -0.39 is 0 Å². The van der Waals surface area contributed by atoms with Gasteiger partial charge < -0.3 is 15.2 Å². The van der Waals surface area contributed by atoms with Crippen LogP contribution in [0.15, 0.2) is 42.5 Å². The van der Waals surface area contributed by atoms with E-state index in [9.17, 15) is 4.79 Å². The highest BCUT2D eigenvalue weighted by molar-refractivity contribution is 5.89. The van der Waals surface area contributed by atoms with Gasteiger partial charge in [-0.1, -0.05) is 6.07 Å². The third-order valence-electron chi connectivity index (χ3n) is 2.24. The molecule has 0 amide bonds. The highest BCUT2D eigenvalue weighted by Gasteiger charge is 2.05. The number of pyridine rings is 1. The molecule has 0 fully saturated rings. The summed E-state index contributed by atoms with van der Waals surface area (Å²) in [5, 5.41) is 0. The van der Waals surface area contributed by atoms with Crippen molar-refractivity contribution >= 4 is 11.8 Å². The topological polar surface area (TPSA) is 74.4 Å². The number of nitrogens with two attached hydrogens (primary N) is 1. The van der Waals surface area contributed by atoms with Crippen LogP contribution in [0.1, 0.15) is 10.4 Å². The first-order chi connectivity index (χ1) is 8.69. The SMILES string of the molecule is COC(=O)c1ccc(Oc2cccc(N)n2)cc1. The summed E-state index contributed by atoms with van der Waals surface area (Å²) in [5.74, 6) is 0.976. The van der Waals surface area contributed by atoms with Crippen LogP contribution >= 0.6 is 0 Å². The number of carbonyl (C=O) groups is 1. The molecule has 1 aromatic heterocycles. The Kier molecular flexibility index (Phi) is 3.43. The van der Waals surface area contributed by atoms with Gasteiger partial charge in [-0.25, -0.2) is 4.79 Å². The minimum atomic E-state index is -0.386. The first kappa shape index (κ1) is 11.9. The molecule has 0 aliphatic carbocycles. The van der Waals surface area contributed by atoms with Crippen molar-refractivity contribution in [3.8, 4) is 11.6 Å². The maximum atomic E-state index is 11.2. The number of rotatable bonds is 3. The third kappa shape index (κ3) is 2.76. The Labute approximate surface area is 104 Å². The molecule has 92 valence electrons. The average molecular weight is 244 g/mol. The van der Waals surface area contributed by atoms with Crippen molar-refractivity contribution in [1.82, 2.24) is 4.98 Å². The van der Waals surface area contributed by atoms with E-state index in [0.29, 0.717) is 23.0 Å². The number of nitrogens with zero attached hydrogens (tertiary/aromatic N) is 1. The molecule has 0 unspecified atom stereocenters. The lowest BCUT2D eigenvalue weighted by molar-refractivity contribution is 0.0600. The van der Waals surface area contributed by atoms with Crippen LogP contribution in [-0.4, -0.2) is 18.1 Å². The molecule has 5 nitrogen and oxygen atoms in total. The molecule has 0 spiro atoms. The molecule has 2 N–H and O–H groups in total. The van der Waals surface area contributed by atoms with Crippen LogP contribution in [0.2, 0.25) is 0 Å². The number of carbonyl (C=O) groups excluding carboxylic acids is 1. The lowest BCUT2D eigenvalue weighted by Gasteiger charge is -2.05. The standard InChI is InChI=1S/C13H12N2O3/c1-17-13(16)9-5-7-10(8-6-9)18-12-4-2-3-11(14)15-12/h2-8H,1H3,(H2,14,15). The molecule has 0 bridgehead atoms. The number of hydrogen-bond donors (Lipinski definition) is 1. The molecule has 0 aliphatic heterocycles. The van der Waals surface area contributed by atoms with E-state index in [-0.39, 0.29) is 5.97 Å². The van der Waals surface area contributed by atoms with Crippen LogP contribution in [0.3, 0.4) is 0 Å². The number of benzene rings is 1. The van der Waals surface area contributed by atoms with Crippen LogP contribution in [0.4, 0.5) is 5.82 Å². The smallest absolute Gasteiger partial charge is 0.337 e. The Morgan fingerprint density at radius 1 is 1.17 bits per heavy atom. The van der Waals surface area contributed by atoms with Crippen molar-refractivity contribution in [3.05, 3.63) is 48.0 Å². The molecule has 0 saturated heterocycles. The zero-order chi connectivity index (χ0) is 13.0. The van der Waals surface area contributed by atoms with Crippen molar-refractivity contribution in [2.45, 2.75) is 0 Å². The average Bonchev–Trinajstić information content (AvgIpc) is 2.39. The van der Waals surface area contributed by atoms with E-state index in [0.717, 1.165) is 0 Å². The monoisotopic (exact) mass is 244 g/mol. The summed E-state index contributed by atoms with van der Waals surface area (Å²) in [7, 11) is 1.34. The van der Waals surface area contributed by atoms with Crippen LogP contribution in [0.25, 0.3) is 0 Å². The molecule has 2 rings (SSSR count). The maximum Gasteiger partial charge on any atom is 0.337 e. The number of aromatic nitrogens is 1. The lowest BCUT2D eigenvalue weighted by Crippen LogP contribution is -2.00. The van der Waals surface area contributed by atoms with Gasteiger partial charge in [0.15, 0.2) is 0 Å². The van der Waals surface area contributed by atoms with E-state index in [4.69, 9.17) is 10.5 Å². The fourth-order valence-corrected chi connectivity index (χ4v) is 1.39. The molecule has 0 aliphatic rings. The van der Waals surface area contributed by atoms with E-state index in [1.165, 1.54) is 7.11 Å². The number of methoxy groups -OCH3 is 1. The summed E-state index contributed by atoms with van der Waals surface area (Å²) in [6.07, 6.45) is 0. The zero-order valence-corrected chi connectivity index (χ0v) is 9.79. The summed E-state index contributed by atoms with van der Waals surface area (Å²) < 4.78 is 10.1. The van der Waals surface area contributed by atoms with Crippen LogP contribution in [0, 0.1) is 0 Å². The predicted octanol–water partition coefficient (Wildman–Crippen LogP) is 2.24. The third-order valence-corrected chi connectivity index (χ3v) is 2.24. The molecule has 0 radical (unpaired) electrons. The van der Waals surface area contributed by atoms with Crippen LogP contribution in [0.5, 0.6) is 11.6 Å². The van der Waals surface area contributed by atoms with Crippen molar-refractivity contribution in [3.63, 3.8) is 0 Å². The minimum Gasteiger partial charge on any atom is -0.465 e. The quantitative estimate of drug-likeness (QED) is 0.838. The van der Waals surface area contributed by atoms with Crippen LogP contribution < -0.4 is 10.5 Å². The summed E-state index contributed by atoms with van der Waals surface area (Å²) in [6.45, 7) is 0. The van der Waals surface area contributed by atoms with Crippen molar-refractivity contribution in [1.29, 1.82) is 0 Å². The van der Waals surface area contributed by atoms with Gasteiger partial charge in [0.25, 0.3) is 0 Å². The molecule has 18 heavy (non-hydrogen) atoms. The molecule has 1 heterocycles. The second-order valence-corrected chi connectivity index (χ2v) is 3.52. The van der Waals surface area contributed by atoms with Crippen molar-refractivity contribution in [2.75, 3.05) is 12.8 Å². The van der Waals surface area contributed by atoms with Gasteiger partial charge in [-0.2, -0.15) is 4.98 Å². The summed E-state index contributed by atoms with van der Waals surface area (Å²) in [6, 6.07) is 11.7. The number of hydrogen-bond acceptors (Lipinski definition) is 5. The number of nitrogen functional groups attached to an aromatic ring is 1. The zero-order valence-electron chi connectivity index (χ0n) is 9.79. The van der Waals surface area contributed by atoms with Crippen molar-refractivity contribution < 1.29 is 14.3 Å². The number of anilines is 1. The second-order valence-electron chi connectivity index (χ2n) is 3.52. The highest BCUT2D eigenvalue weighted by Crippen LogP contribution is 2.20. The van der Waals surface area contributed by atoms with E-state index in [2.05, 4.69) is 9.72 Å².